The van der Waals surface area contributed by atoms with Gasteiger partial charge in [0.25, 0.3) is 0 Å². The van der Waals surface area contributed by atoms with Gasteiger partial charge < -0.3 is 5.11 Å². The maximum atomic E-state index is 13.4. The fourth-order valence-corrected chi connectivity index (χ4v) is 3.17. The van der Waals surface area contributed by atoms with Crippen LogP contribution in [0, 0.1) is 11.6 Å². The Hall–Kier alpha value is -1.40. The summed E-state index contributed by atoms with van der Waals surface area (Å²) < 4.78 is 26.3. The van der Waals surface area contributed by atoms with Gasteiger partial charge in [-0.1, -0.05) is 12.1 Å². The van der Waals surface area contributed by atoms with E-state index < -0.39 is 17.6 Å². The van der Waals surface area contributed by atoms with E-state index in [9.17, 15) is 13.6 Å². The zero-order valence-corrected chi connectivity index (χ0v) is 10.7. The number of benzene rings is 1. The van der Waals surface area contributed by atoms with Gasteiger partial charge in [-0.05, 0) is 12.1 Å². The second-order valence-corrected chi connectivity index (χ2v) is 5.41. The van der Waals surface area contributed by atoms with Gasteiger partial charge in [-0.3, -0.25) is 0 Å². The fourth-order valence-electron chi connectivity index (χ4n) is 1.33. The molecule has 1 heterocycles. The Kier molecular flexibility index (Phi) is 3.98. The van der Waals surface area contributed by atoms with Crippen LogP contribution in [0.5, 0.6) is 0 Å². The third-order valence-corrected chi connectivity index (χ3v) is 4.30. The van der Waals surface area contributed by atoms with E-state index in [2.05, 4.69) is 0 Å². The van der Waals surface area contributed by atoms with Gasteiger partial charge in [-0.15, -0.1) is 23.1 Å². The maximum Gasteiger partial charge on any atom is 0.345 e. The fraction of sp³-hybridized carbons (Fsp3) is 0.0833. The van der Waals surface area contributed by atoms with Crippen molar-refractivity contribution in [2.45, 2.75) is 10.6 Å². The number of aromatic carboxylic acids is 1. The molecule has 0 aliphatic heterocycles. The van der Waals surface area contributed by atoms with E-state index in [-0.39, 0.29) is 16.2 Å². The summed E-state index contributed by atoms with van der Waals surface area (Å²) in [6.07, 6.45) is 0. The number of carbonyl (C=O) groups is 1. The summed E-state index contributed by atoms with van der Waals surface area (Å²) in [5.74, 6) is -2.44. The van der Waals surface area contributed by atoms with Crippen molar-refractivity contribution in [3.8, 4) is 0 Å². The van der Waals surface area contributed by atoms with Crippen LogP contribution in [0.15, 0.2) is 34.5 Å². The number of halogens is 2. The number of carboxylic acid groups (broad SMARTS) is 1. The monoisotopic (exact) mass is 286 g/mol. The first-order valence-corrected chi connectivity index (χ1v) is 6.82. The Labute approximate surface area is 110 Å². The third kappa shape index (κ3) is 2.88. The van der Waals surface area contributed by atoms with Crippen LogP contribution in [0.2, 0.25) is 0 Å². The largest absolute Gasteiger partial charge is 0.477 e. The van der Waals surface area contributed by atoms with Gasteiger partial charge in [0.2, 0.25) is 0 Å². The van der Waals surface area contributed by atoms with E-state index in [4.69, 9.17) is 5.11 Å². The molecule has 0 fully saturated rings. The van der Waals surface area contributed by atoms with Crippen molar-refractivity contribution in [3.63, 3.8) is 0 Å². The van der Waals surface area contributed by atoms with E-state index in [1.54, 1.807) is 5.38 Å². The zero-order chi connectivity index (χ0) is 13.1. The van der Waals surface area contributed by atoms with Crippen molar-refractivity contribution in [3.05, 3.63) is 51.7 Å². The van der Waals surface area contributed by atoms with Crippen molar-refractivity contribution < 1.29 is 18.7 Å². The highest BCUT2D eigenvalue weighted by atomic mass is 32.2. The quantitative estimate of drug-likeness (QED) is 0.863. The maximum absolute atomic E-state index is 13.4. The number of hydrogen-bond acceptors (Lipinski definition) is 3. The van der Waals surface area contributed by atoms with Gasteiger partial charge in [-0.2, -0.15) is 0 Å². The lowest BCUT2D eigenvalue weighted by Gasteiger charge is -2.02. The molecule has 1 N–H and O–H groups in total. The molecule has 2 nitrogen and oxygen atoms in total. The summed E-state index contributed by atoms with van der Waals surface area (Å²) in [6.45, 7) is 0. The molecular weight excluding hydrogens is 278 g/mol. The Bertz CT molecular complexity index is 581. The normalized spacial score (nSPS) is 10.6. The molecule has 0 aliphatic rings. The first-order chi connectivity index (χ1) is 8.58. The number of thioether (sulfide) groups is 1. The Morgan fingerprint density at radius 3 is 2.83 bits per heavy atom. The van der Waals surface area contributed by atoms with E-state index in [1.165, 1.54) is 30.0 Å². The van der Waals surface area contributed by atoms with E-state index in [1.807, 2.05) is 0 Å². The van der Waals surface area contributed by atoms with Crippen molar-refractivity contribution in [1.29, 1.82) is 0 Å². The smallest absolute Gasteiger partial charge is 0.345 e. The molecule has 0 bridgehead atoms. The van der Waals surface area contributed by atoms with Crippen LogP contribution >= 0.6 is 23.1 Å². The minimum atomic E-state index is -0.983. The Morgan fingerprint density at radius 2 is 2.17 bits per heavy atom. The summed E-state index contributed by atoms with van der Waals surface area (Å²) in [4.78, 5) is 11.6. The molecule has 0 saturated heterocycles. The van der Waals surface area contributed by atoms with Crippen molar-refractivity contribution in [2.24, 2.45) is 0 Å². The van der Waals surface area contributed by atoms with Crippen molar-refractivity contribution >= 4 is 29.1 Å². The summed E-state index contributed by atoms with van der Waals surface area (Å²) in [7, 11) is 0. The molecule has 0 radical (unpaired) electrons. The lowest BCUT2D eigenvalue weighted by molar-refractivity contribution is 0.0702. The number of carboxylic acids is 1. The predicted molar refractivity (Wildman–Crippen MR) is 67.2 cm³/mol. The van der Waals surface area contributed by atoms with E-state index in [0.29, 0.717) is 0 Å². The van der Waals surface area contributed by atoms with Crippen LogP contribution in [0.25, 0.3) is 0 Å². The van der Waals surface area contributed by atoms with Crippen LogP contribution in [0.3, 0.4) is 0 Å². The Balaban J connectivity index is 2.07. The molecule has 18 heavy (non-hydrogen) atoms. The predicted octanol–water partition coefficient (Wildman–Crippen LogP) is 4.02. The molecule has 1 aromatic heterocycles. The SMILES string of the molecule is O=C(O)c1cc(SCc2cccc(F)c2F)cs1. The van der Waals surface area contributed by atoms with Crippen molar-refractivity contribution in [1.82, 2.24) is 0 Å². The first-order valence-electron chi connectivity index (χ1n) is 4.95. The highest BCUT2D eigenvalue weighted by Crippen LogP contribution is 2.28. The number of hydrogen-bond donors (Lipinski definition) is 1. The second kappa shape index (κ2) is 5.49. The molecule has 0 aliphatic carbocycles. The standard InChI is InChI=1S/C12H8F2O2S2/c13-9-3-1-2-7(11(9)14)5-17-8-4-10(12(15)16)18-6-8/h1-4,6H,5H2,(H,15,16). The van der Waals surface area contributed by atoms with Gasteiger partial charge in [-0.25, -0.2) is 13.6 Å². The zero-order valence-electron chi connectivity index (χ0n) is 9.02. The molecule has 0 saturated carbocycles. The molecular formula is C12H8F2O2S2. The molecule has 0 atom stereocenters. The van der Waals surface area contributed by atoms with Gasteiger partial charge in [0.1, 0.15) is 4.88 Å². The van der Waals surface area contributed by atoms with Gasteiger partial charge >= 0.3 is 5.97 Å². The minimum absolute atomic E-state index is 0.234. The summed E-state index contributed by atoms with van der Waals surface area (Å²) in [5.41, 5.74) is 0.267. The summed E-state index contributed by atoms with van der Waals surface area (Å²) in [5, 5.41) is 10.4. The molecule has 1 aromatic carbocycles. The average Bonchev–Trinajstić information content (AvgIpc) is 2.80. The number of thiophene rings is 1. The highest BCUT2D eigenvalue weighted by Gasteiger charge is 2.10. The molecule has 2 rings (SSSR count). The lowest BCUT2D eigenvalue weighted by atomic mass is 10.2. The molecule has 0 spiro atoms. The van der Waals surface area contributed by atoms with Crippen LogP contribution < -0.4 is 0 Å². The van der Waals surface area contributed by atoms with Gasteiger partial charge in [0, 0.05) is 21.6 Å². The second-order valence-electron chi connectivity index (χ2n) is 3.45. The average molecular weight is 286 g/mol. The third-order valence-electron chi connectivity index (χ3n) is 2.21. The van der Waals surface area contributed by atoms with Crippen LogP contribution in [-0.4, -0.2) is 11.1 Å². The topological polar surface area (TPSA) is 37.3 Å². The van der Waals surface area contributed by atoms with E-state index >= 15 is 0 Å². The molecule has 94 valence electrons. The summed E-state index contributed by atoms with van der Waals surface area (Å²) in [6, 6.07) is 5.55. The van der Waals surface area contributed by atoms with Crippen molar-refractivity contribution in [2.75, 3.05) is 0 Å². The first kappa shape index (κ1) is 13.0. The number of rotatable bonds is 4. The van der Waals surface area contributed by atoms with E-state index in [0.717, 1.165) is 22.3 Å². The van der Waals surface area contributed by atoms with Crippen LogP contribution in [0.1, 0.15) is 15.2 Å². The molecule has 2 aromatic rings. The van der Waals surface area contributed by atoms with Crippen LogP contribution in [-0.2, 0) is 5.75 Å². The Morgan fingerprint density at radius 1 is 1.39 bits per heavy atom. The lowest BCUT2D eigenvalue weighted by Crippen LogP contribution is -1.91. The highest BCUT2D eigenvalue weighted by molar-refractivity contribution is 7.98. The van der Waals surface area contributed by atoms with Gasteiger partial charge in [0.15, 0.2) is 11.6 Å². The summed E-state index contributed by atoms with van der Waals surface area (Å²) >= 11 is 2.39. The van der Waals surface area contributed by atoms with Gasteiger partial charge in [0.05, 0.1) is 0 Å². The molecule has 0 unspecified atom stereocenters. The molecule has 0 amide bonds. The minimum Gasteiger partial charge on any atom is -0.477 e. The molecule has 6 heteroatoms. The van der Waals surface area contributed by atoms with Crippen LogP contribution in [0.4, 0.5) is 8.78 Å².